The zero-order valence-electron chi connectivity index (χ0n) is 21.3. The number of nitrogens with one attached hydrogen (secondary N) is 2. The molecule has 202 valence electrons. The van der Waals surface area contributed by atoms with Gasteiger partial charge in [0.05, 0.1) is 11.6 Å². The standard InChI is InChI=1S/C29H30ClN5O3S/c30-22-10-7-21(8-11-22)9-12-26(36)34-25(19-23-5-1-3-15-31-23)29(38)33-20-28(37)35-17-13-24(14-18-35)39-27-6-2-4-16-32-27/h1-12,15-16,24-25H,13-14,17-20H2,(H,33,38)(H,34,36)/b12-9+/t25-/m0/s1. The van der Waals surface area contributed by atoms with Crippen molar-refractivity contribution in [3.05, 3.63) is 95.4 Å². The summed E-state index contributed by atoms with van der Waals surface area (Å²) >= 11 is 7.64. The minimum Gasteiger partial charge on any atom is -0.345 e. The molecule has 1 saturated heterocycles. The molecular formula is C29H30ClN5O3S. The van der Waals surface area contributed by atoms with E-state index in [4.69, 9.17) is 11.6 Å². The van der Waals surface area contributed by atoms with Crippen molar-refractivity contribution < 1.29 is 14.4 Å². The van der Waals surface area contributed by atoms with Crippen LogP contribution in [-0.4, -0.2) is 63.5 Å². The molecule has 1 aliphatic rings. The third-order valence-electron chi connectivity index (χ3n) is 6.20. The predicted octanol–water partition coefficient (Wildman–Crippen LogP) is 3.77. The maximum atomic E-state index is 13.1. The highest BCUT2D eigenvalue weighted by Gasteiger charge is 2.26. The Labute approximate surface area is 237 Å². The number of carbonyl (C=O) groups excluding carboxylic acids is 3. The summed E-state index contributed by atoms with van der Waals surface area (Å²) in [6, 6.07) is 17.4. The highest BCUT2D eigenvalue weighted by Crippen LogP contribution is 2.28. The molecular weight excluding hydrogens is 534 g/mol. The predicted molar refractivity (Wildman–Crippen MR) is 153 cm³/mol. The van der Waals surface area contributed by atoms with E-state index in [9.17, 15) is 14.4 Å². The Balaban J connectivity index is 1.29. The van der Waals surface area contributed by atoms with Gasteiger partial charge in [0.2, 0.25) is 17.7 Å². The molecule has 3 heterocycles. The molecule has 0 bridgehead atoms. The van der Waals surface area contributed by atoms with Crippen LogP contribution in [0.2, 0.25) is 5.02 Å². The quantitative estimate of drug-likeness (QED) is 0.364. The van der Waals surface area contributed by atoms with Gasteiger partial charge in [0, 0.05) is 53.9 Å². The van der Waals surface area contributed by atoms with Crippen LogP contribution >= 0.6 is 23.4 Å². The van der Waals surface area contributed by atoms with Crippen LogP contribution in [0.3, 0.4) is 0 Å². The Kier molecular flexibility index (Phi) is 10.5. The summed E-state index contributed by atoms with van der Waals surface area (Å²) in [6.07, 6.45) is 8.33. The lowest BCUT2D eigenvalue weighted by Crippen LogP contribution is -2.51. The highest BCUT2D eigenvalue weighted by molar-refractivity contribution is 7.99. The monoisotopic (exact) mass is 563 g/mol. The molecule has 0 spiro atoms. The van der Waals surface area contributed by atoms with Crippen LogP contribution in [0.25, 0.3) is 6.08 Å². The molecule has 10 heteroatoms. The number of thioether (sulfide) groups is 1. The maximum absolute atomic E-state index is 13.1. The number of piperidine rings is 1. The van der Waals surface area contributed by atoms with Gasteiger partial charge in [0.1, 0.15) is 6.04 Å². The van der Waals surface area contributed by atoms with Crippen LogP contribution in [0.4, 0.5) is 0 Å². The zero-order chi connectivity index (χ0) is 27.5. The van der Waals surface area contributed by atoms with E-state index in [1.54, 1.807) is 71.5 Å². The van der Waals surface area contributed by atoms with Gasteiger partial charge in [0.15, 0.2) is 0 Å². The van der Waals surface area contributed by atoms with Crippen molar-refractivity contribution in [2.75, 3.05) is 19.6 Å². The van der Waals surface area contributed by atoms with Crippen LogP contribution in [0.1, 0.15) is 24.1 Å². The molecule has 4 rings (SSSR count). The lowest BCUT2D eigenvalue weighted by Gasteiger charge is -2.31. The van der Waals surface area contributed by atoms with E-state index in [0.717, 1.165) is 23.4 Å². The molecule has 0 saturated carbocycles. The molecule has 3 amide bonds. The van der Waals surface area contributed by atoms with Crippen molar-refractivity contribution in [3.63, 3.8) is 0 Å². The van der Waals surface area contributed by atoms with Crippen LogP contribution in [-0.2, 0) is 20.8 Å². The van der Waals surface area contributed by atoms with Gasteiger partial charge in [-0.05, 0) is 60.9 Å². The first kappa shape index (κ1) is 28.3. The molecule has 1 aromatic carbocycles. The van der Waals surface area contributed by atoms with Crippen molar-refractivity contribution in [2.24, 2.45) is 0 Å². The minimum atomic E-state index is -0.893. The second-order valence-electron chi connectivity index (χ2n) is 9.06. The molecule has 1 fully saturated rings. The Morgan fingerprint density at radius 3 is 2.38 bits per heavy atom. The van der Waals surface area contributed by atoms with E-state index >= 15 is 0 Å². The van der Waals surface area contributed by atoms with Crippen molar-refractivity contribution in [1.82, 2.24) is 25.5 Å². The second kappa shape index (κ2) is 14.5. The number of hydrogen-bond acceptors (Lipinski definition) is 6. The van der Waals surface area contributed by atoms with Gasteiger partial charge in [0.25, 0.3) is 0 Å². The smallest absolute Gasteiger partial charge is 0.244 e. The normalized spacial score (nSPS) is 14.6. The maximum Gasteiger partial charge on any atom is 0.244 e. The van der Waals surface area contributed by atoms with E-state index in [1.165, 1.54) is 6.08 Å². The zero-order valence-corrected chi connectivity index (χ0v) is 22.9. The number of benzene rings is 1. The minimum absolute atomic E-state index is 0.133. The van der Waals surface area contributed by atoms with Gasteiger partial charge in [-0.15, -0.1) is 11.8 Å². The molecule has 2 N–H and O–H groups in total. The van der Waals surface area contributed by atoms with Crippen LogP contribution < -0.4 is 10.6 Å². The summed E-state index contributed by atoms with van der Waals surface area (Å²) in [7, 11) is 0. The molecule has 0 radical (unpaired) electrons. The van der Waals surface area contributed by atoms with E-state index in [0.29, 0.717) is 29.1 Å². The molecule has 3 aromatic rings. The number of hydrogen-bond donors (Lipinski definition) is 2. The molecule has 8 nitrogen and oxygen atoms in total. The third-order valence-corrected chi connectivity index (χ3v) is 7.74. The van der Waals surface area contributed by atoms with Crippen LogP contribution in [0.15, 0.2) is 84.2 Å². The number of nitrogens with zero attached hydrogens (tertiary/aromatic N) is 3. The molecule has 0 unspecified atom stereocenters. The molecule has 39 heavy (non-hydrogen) atoms. The Morgan fingerprint density at radius 1 is 1.00 bits per heavy atom. The Hall–Kier alpha value is -3.69. The summed E-state index contributed by atoms with van der Waals surface area (Å²) in [6.45, 7) is 1.12. The lowest BCUT2D eigenvalue weighted by molar-refractivity contribution is -0.134. The lowest BCUT2D eigenvalue weighted by atomic mass is 10.1. The Bertz CT molecular complexity index is 1270. The Morgan fingerprint density at radius 2 is 1.72 bits per heavy atom. The summed E-state index contributed by atoms with van der Waals surface area (Å²) in [5.41, 5.74) is 1.45. The van der Waals surface area contributed by atoms with Gasteiger partial charge in [-0.3, -0.25) is 19.4 Å². The fraction of sp³-hybridized carbons (Fsp3) is 0.276. The van der Waals surface area contributed by atoms with E-state index in [2.05, 4.69) is 20.6 Å². The average Bonchev–Trinajstić information content (AvgIpc) is 2.96. The number of aromatic nitrogens is 2. The number of halogens is 1. The average molecular weight is 564 g/mol. The van der Waals surface area contributed by atoms with E-state index in [-0.39, 0.29) is 18.9 Å². The number of pyridine rings is 2. The van der Waals surface area contributed by atoms with Crippen LogP contribution in [0.5, 0.6) is 0 Å². The third kappa shape index (κ3) is 9.23. The fourth-order valence-corrected chi connectivity index (χ4v) is 5.30. The number of likely N-dealkylation sites (tertiary alicyclic amines) is 1. The van der Waals surface area contributed by atoms with Gasteiger partial charge in [-0.2, -0.15) is 0 Å². The van der Waals surface area contributed by atoms with Gasteiger partial charge in [-0.1, -0.05) is 35.9 Å². The molecule has 1 atom stereocenters. The van der Waals surface area contributed by atoms with Crippen molar-refractivity contribution >= 4 is 47.2 Å². The summed E-state index contributed by atoms with van der Waals surface area (Å²) in [5, 5.41) is 7.44. The number of rotatable bonds is 10. The molecule has 1 aliphatic heterocycles. The fourth-order valence-electron chi connectivity index (χ4n) is 4.11. The van der Waals surface area contributed by atoms with Crippen molar-refractivity contribution in [3.8, 4) is 0 Å². The summed E-state index contributed by atoms with van der Waals surface area (Å²) in [4.78, 5) is 48.9. The van der Waals surface area contributed by atoms with Gasteiger partial charge < -0.3 is 15.5 Å². The number of amides is 3. The van der Waals surface area contributed by atoms with E-state index in [1.807, 2.05) is 24.3 Å². The number of carbonyl (C=O) groups is 3. The first-order chi connectivity index (χ1) is 19.0. The van der Waals surface area contributed by atoms with Crippen molar-refractivity contribution in [1.29, 1.82) is 0 Å². The highest BCUT2D eigenvalue weighted by atomic mass is 35.5. The largest absolute Gasteiger partial charge is 0.345 e. The molecule has 2 aromatic heterocycles. The van der Waals surface area contributed by atoms with Gasteiger partial charge >= 0.3 is 0 Å². The summed E-state index contributed by atoms with van der Waals surface area (Å²) < 4.78 is 0. The first-order valence-corrected chi connectivity index (χ1v) is 14.0. The summed E-state index contributed by atoms with van der Waals surface area (Å²) in [5.74, 6) is -1.02. The molecule has 0 aliphatic carbocycles. The first-order valence-electron chi connectivity index (χ1n) is 12.7. The van der Waals surface area contributed by atoms with E-state index < -0.39 is 17.9 Å². The topological polar surface area (TPSA) is 104 Å². The van der Waals surface area contributed by atoms with Crippen LogP contribution in [0, 0.1) is 0 Å². The van der Waals surface area contributed by atoms with Crippen molar-refractivity contribution in [2.45, 2.75) is 35.6 Å². The van der Waals surface area contributed by atoms with Gasteiger partial charge in [-0.25, -0.2) is 4.98 Å². The second-order valence-corrected chi connectivity index (χ2v) is 10.8. The SMILES string of the molecule is O=C(/C=C/c1ccc(Cl)cc1)N[C@@H](Cc1ccccn1)C(=O)NCC(=O)N1CCC(Sc2ccccn2)CC1.